The molecule has 0 radical (unpaired) electrons. The van der Waals surface area contributed by atoms with Gasteiger partial charge in [-0.2, -0.15) is 0 Å². The van der Waals surface area contributed by atoms with E-state index >= 15 is 0 Å². The van der Waals surface area contributed by atoms with Crippen LogP contribution in [0, 0.1) is 5.92 Å². The van der Waals surface area contributed by atoms with E-state index in [4.69, 9.17) is 35.4 Å². The number of nitrogens with one attached hydrogen (secondary N) is 1. The van der Waals surface area contributed by atoms with Gasteiger partial charge in [0.2, 0.25) is 0 Å². The molecule has 0 aliphatic carbocycles. The number of fused-ring (bicyclic) bond motifs is 4. The molecule has 1 fully saturated rings. The van der Waals surface area contributed by atoms with E-state index in [0.29, 0.717) is 41.3 Å². The van der Waals surface area contributed by atoms with Crippen molar-refractivity contribution in [3.63, 3.8) is 0 Å². The third-order valence-corrected chi connectivity index (χ3v) is 6.07. The predicted octanol–water partition coefficient (Wildman–Crippen LogP) is 3.29. The van der Waals surface area contributed by atoms with Crippen molar-refractivity contribution in [3.05, 3.63) is 68.1 Å². The average Bonchev–Trinajstić information content (AvgIpc) is 2.62. The smallest absolute Gasteiger partial charge is 0.258 e. The SMILES string of the molecule is O=C(NC(=S)N1C[C@H]2C[C@H](C1)c1cccc(=O)n1C2)c1ccc(Cl)cc1Cl. The molecule has 27 heavy (non-hydrogen) atoms. The third-order valence-electron chi connectivity index (χ3n) is 5.16. The summed E-state index contributed by atoms with van der Waals surface area (Å²) in [6.45, 7) is 2.07. The second kappa shape index (κ2) is 7.26. The van der Waals surface area contributed by atoms with Crippen molar-refractivity contribution in [2.45, 2.75) is 18.9 Å². The van der Waals surface area contributed by atoms with Gasteiger partial charge in [0, 0.05) is 42.3 Å². The number of carbonyl (C=O) groups excluding carboxylic acids is 1. The van der Waals surface area contributed by atoms with Crippen LogP contribution in [-0.4, -0.2) is 33.6 Å². The van der Waals surface area contributed by atoms with Crippen LogP contribution in [-0.2, 0) is 6.54 Å². The lowest BCUT2D eigenvalue weighted by atomic mass is 9.83. The molecular formula is C19H17Cl2N3O2S. The number of nitrogens with zero attached hydrogens (tertiary/aromatic N) is 2. The number of hydrogen-bond acceptors (Lipinski definition) is 3. The van der Waals surface area contributed by atoms with E-state index in [1.165, 1.54) is 6.07 Å². The van der Waals surface area contributed by atoms with E-state index in [1.807, 2.05) is 15.5 Å². The highest BCUT2D eigenvalue weighted by Gasteiger charge is 2.35. The normalized spacial score (nSPS) is 20.7. The predicted molar refractivity (Wildman–Crippen MR) is 110 cm³/mol. The van der Waals surface area contributed by atoms with Crippen molar-refractivity contribution < 1.29 is 4.79 Å². The first-order chi connectivity index (χ1) is 12.9. The minimum atomic E-state index is -0.353. The Kier molecular flexibility index (Phi) is 4.97. The van der Waals surface area contributed by atoms with E-state index in [-0.39, 0.29) is 22.4 Å². The standard InChI is InChI=1S/C19H17Cl2N3O2S/c20-13-4-5-14(15(21)7-13)18(26)22-19(27)23-8-11-6-12(10-23)16-2-1-3-17(25)24(16)9-11/h1-5,7,11-12H,6,8-10H2,(H,22,26,27)/t11-,12-/m1/s1. The number of aromatic nitrogens is 1. The molecule has 1 amide bonds. The van der Waals surface area contributed by atoms with E-state index in [9.17, 15) is 9.59 Å². The van der Waals surface area contributed by atoms with Gasteiger partial charge in [0.05, 0.1) is 10.6 Å². The van der Waals surface area contributed by atoms with E-state index < -0.39 is 0 Å². The van der Waals surface area contributed by atoms with Crippen LogP contribution in [0.15, 0.2) is 41.2 Å². The van der Waals surface area contributed by atoms with Crippen molar-refractivity contribution in [2.75, 3.05) is 13.1 Å². The summed E-state index contributed by atoms with van der Waals surface area (Å²) in [6, 6.07) is 10.1. The van der Waals surface area contributed by atoms with Gasteiger partial charge in [0.1, 0.15) is 0 Å². The molecule has 1 aromatic carbocycles. The molecule has 3 heterocycles. The Bertz CT molecular complexity index is 991. The maximum Gasteiger partial charge on any atom is 0.258 e. The van der Waals surface area contributed by atoms with E-state index in [2.05, 4.69) is 5.32 Å². The molecule has 1 N–H and O–H groups in total. The summed E-state index contributed by atoms with van der Waals surface area (Å²) in [4.78, 5) is 26.6. The molecule has 1 saturated heterocycles. The van der Waals surface area contributed by atoms with Gasteiger partial charge in [-0.3, -0.25) is 14.9 Å². The molecule has 0 saturated carbocycles. The van der Waals surface area contributed by atoms with Crippen molar-refractivity contribution >= 4 is 46.4 Å². The Balaban J connectivity index is 1.49. The zero-order valence-electron chi connectivity index (χ0n) is 14.3. The highest BCUT2D eigenvalue weighted by Crippen LogP contribution is 2.35. The number of pyridine rings is 1. The summed E-state index contributed by atoms with van der Waals surface area (Å²) in [5.41, 5.74) is 1.42. The maximum atomic E-state index is 12.5. The summed E-state index contributed by atoms with van der Waals surface area (Å²) >= 11 is 17.5. The van der Waals surface area contributed by atoms with Gasteiger partial charge in [-0.05, 0) is 48.8 Å². The number of halogens is 2. The number of piperidine rings is 1. The van der Waals surface area contributed by atoms with Crippen LogP contribution in [0.4, 0.5) is 0 Å². The van der Waals surface area contributed by atoms with Gasteiger partial charge in [-0.1, -0.05) is 29.3 Å². The number of benzene rings is 1. The third kappa shape index (κ3) is 3.61. The Morgan fingerprint density at radius 3 is 2.74 bits per heavy atom. The van der Waals surface area contributed by atoms with Gasteiger partial charge in [-0.15, -0.1) is 0 Å². The zero-order chi connectivity index (χ0) is 19.1. The summed E-state index contributed by atoms with van der Waals surface area (Å²) in [5.74, 6) is 0.194. The Morgan fingerprint density at radius 2 is 1.96 bits per heavy atom. The minimum absolute atomic E-state index is 0.0453. The monoisotopic (exact) mass is 421 g/mol. The lowest BCUT2D eigenvalue weighted by Crippen LogP contribution is -2.52. The molecule has 140 valence electrons. The summed E-state index contributed by atoms with van der Waals surface area (Å²) in [6.07, 6.45) is 1.03. The molecule has 2 aliphatic heterocycles. The molecule has 2 aromatic rings. The van der Waals surface area contributed by atoms with Gasteiger partial charge < -0.3 is 9.47 Å². The number of carbonyl (C=O) groups is 1. The second-order valence-corrected chi connectivity index (χ2v) is 8.22. The topological polar surface area (TPSA) is 54.3 Å². The quantitative estimate of drug-likeness (QED) is 0.717. The maximum absolute atomic E-state index is 12.5. The lowest BCUT2D eigenvalue weighted by molar-refractivity contribution is 0.0968. The summed E-state index contributed by atoms with van der Waals surface area (Å²) < 4.78 is 1.87. The fourth-order valence-electron chi connectivity index (χ4n) is 3.98. The van der Waals surface area contributed by atoms with Crippen molar-refractivity contribution in [2.24, 2.45) is 5.92 Å². The number of rotatable bonds is 1. The first kappa shape index (κ1) is 18.5. The number of hydrogen-bond donors (Lipinski definition) is 1. The molecule has 2 atom stereocenters. The van der Waals surface area contributed by atoms with Crippen LogP contribution in [0.1, 0.15) is 28.4 Å². The van der Waals surface area contributed by atoms with Crippen LogP contribution >= 0.6 is 35.4 Å². The molecular weight excluding hydrogens is 405 g/mol. The van der Waals surface area contributed by atoms with Crippen LogP contribution in [0.3, 0.4) is 0 Å². The van der Waals surface area contributed by atoms with Gasteiger partial charge >= 0.3 is 0 Å². The van der Waals surface area contributed by atoms with E-state index in [0.717, 1.165) is 12.1 Å². The van der Waals surface area contributed by atoms with Crippen molar-refractivity contribution in [1.29, 1.82) is 0 Å². The molecule has 4 rings (SSSR count). The largest absolute Gasteiger partial charge is 0.348 e. The average molecular weight is 422 g/mol. The molecule has 2 aliphatic rings. The number of likely N-dealkylation sites (tertiary alicyclic amines) is 1. The van der Waals surface area contributed by atoms with Crippen LogP contribution in [0.5, 0.6) is 0 Å². The molecule has 1 aromatic heterocycles. The Morgan fingerprint density at radius 1 is 1.15 bits per heavy atom. The Hall–Kier alpha value is -1.89. The molecule has 8 heteroatoms. The van der Waals surface area contributed by atoms with Crippen LogP contribution in [0.2, 0.25) is 10.0 Å². The first-order valence-corrected chi connectivity index (χ1v) is 9.84. The molecule has 0 unspecified atom stereocenters. The molecule has 0 spiro atoms. The second-order valence-electron chi connectivity index (χ2n) is 6.99. The molecule has 2 bridgehead atoms. The van der Waals surface area contributed by atoms with Gasteiger partial charge in [0.15, 0.2) is 5.11 Å². The minimum Gasteiger partial charge on any atom is -0.348 e. The Labute approximate surface area is 171 Å². The summed E-state index contributed by atoms with van der Waals surface area (Å²) in [7, 11) is 0. The molecule has 5 nitrogen and oxygen atoms in total. The highest BCUT2D eigenvalue weighted by atomic mass is 35.5. The van der Waals surface area contributed by atoms with Crippen molar-refractivity contribution in [3.8, 4) is 0 Å². The van der Waals surface area contributed by atoms with Gasteiger partial charge in [0.25, 0.3) is 11.5 Å². The van der Waals surface area contributed by atoms with Gasteiger partial charge in [-0.25, -0.2) is 0 Å². The number of amides is 1. The van der Waals surface area contributed by atoms with Crippen LogP contribution < -0.4 is 10.9 Å². The number of thiocarbonyl (C=S) groups is 1. The fourth-order valence-corrected chi connectivity index (χ4v) is 4.72. The van der Waals surface area contributed by atoms with Crippen LogP contribution in [0.25, 0.3) is 0 Å². The lowest BCUT2D eigenvalue weighted by Gasteiger charge is -2.43. The van der Waals surface area contributed by atoms with E-state index in [1.54, 1.807) is 24.3 Å². The highest BCUT2D eigenvalue weighted by molar-refractivity contribution is 7.80. The zero-order valence-corrected chi connectivity index (χ0v) is 16.7. The summed E-state index contributed by atoms with van der Waals surface area (Å²) in [5, 5.41) is 3.91. The first-order valence-electron chi connectivity index (χ1n) is 8.67. The fraction of sp³-hybridized carbons (Fsp3) is 0.316. The van der Waals surface area contributed by atoms with Crippen molar-refractivity contribution in [1.82, 2.24) is 14.8 Å².